The van der Waals surface area contributed by atoms with Gasteiger partial charge in [-0.3, -0.25) is 0 Å². The fraction of sp³-hybridized carbons (Fsp3) is 0.364. The Morgan fingerprint density at radius 2 is 2.22 bits per heavy atom. The minimum absolute atomic E-state index is 0.188. The van der Waals surface area contributed by atoms with E-state index in [-0.39, 0.29) is 11.6 Å². The van der Waals surface area contributed by atoms with Gasteiger partial charge in [-0.25, -0.2) is 8.78 Å². The summed E-state index contributed by atoms with van der Waals surface area (Å²) < 4.78 is 29.2. The first-order chi connectivity index (χ1) is 8.52. The molecule has 0 saturated carbocycles. The highest BCUT2D eigenvalue weighted by molar-refractivity contribution is 9.10. The van der Waals surface area contributed by atoms with E-state index in [0.29, 0.717) is 12.1 Å². The third-order valence-corrected chi connectivity index (χ3v) is 2.93. The van der Waals surface area contributed by atoms with Crippen LogP contribution in [0.25, 0.3) is 0 Å². The third-order valence-electron chi connectivity index (χ3n) is 2.07. The molecule has 0 aliphatic heterocycles. The Hall–Kier alpha value is -0.790. The van der Waals surface area contributed by atoms with Gasteiger partial charge in [0, 0.05) is 22.3 Å². The summed E-state index contributed by atoms with van der Waals surface area (Å²) >= 11 is 8.30. The summed E-state index contributed by atoms with van der Waals surface area (Å²) in [5.74, 6) is 0. The molecule has 0 heterocycles. The number of alkyl halides is 2. The first-order valence-electron chi connectivity index (χ1n) is 5.20. The summed E-state index contributed by atoms with van der Waals surface area (Å²) in [6.45, 7) is 0.0364. The second-order valence-corrected chi connectivity index (χ2v) is 4.71. The number of ether oxygens (including phenoxy) is 1. The average Bonchev–Trinajstić information content (AvgIpc) is 2.27. The molecular formula is C11H13BrF2N2OS. The summed E-state index contributed by atoms with van der Waals surface area (Å²) in [5, 5.41) is 3.04. The van der Waals surface area contributed by atoms with E-state index >= 15 is 0 Å². The number of halogens is 3. The van der Waals surface area contributed by atoms with Gasteiger partial charge >= 0.3 is 0 Å². The molecule has 0 saturated heterocycles. The van der Waals surface area contributed by atoms with E-state index in [0.717, 1.165) is 10.2 Å². The number of nitrogens with one attached hydrogen (secondary N) is 1. The molecule has 1 aromatic carbocycles. The molecule has 18 heavy (non-hydrogen) atoms. The average molecular weight is 339 g/mol. The zero-order valence-corrected chi connectivity index (χ0v) is 11.9. The fourth-order valence-electron chi connectivity index (χ4n) is 1.35. The SMILES string of the molecule is NC(=S)c1c(Br)cccc1NCCOCC(F)F. The first kappa shape index (κ1) is 15.3. The standard InChI is InChI=1S/C11H13BrF2N2OS/c12-7-2-1-3-8(10(7)11(15)18)16-4-5-17-6-9(13)14/h1-3,9,16H,4-6H2,(H2,15,18). The number of rotatable bonds is 7. The van der Waals surface area contributed by atoms with Gasteiger partial charge in [0.2, 0.25) is 0 Å². The predicted octanol–water partition coefficient (Wildman–Crippen LogP) is 2.78. The lowest BCUT2D eigenvalue weighted by Crippen LogP contribution is -2.17. The summed E-state index contributed by atoms with van der Waals surface area (Å²) in [6.07, 6.45) is -2.44. The van der Waals surface area contributed by atoms with Crippen molar-refractivity contribution in [3.63, 3.8) is 0 Å². The van der Waals surface area contributed by atoms with Crippen LogP contribution in [0.1, 0.15) is 5.56 Å². The van der Waals surface area contributed by atoms with Crippen LogP contribution in [0.3, 0.4) is 0 Å². The van der Waals surface area contributed by atoms with Gasteiger partial charge in [0.1, 0.15) is 11.6 Å². The van der Waals surface area contributed by atoms with Crippen LogP contribution in [-0.2, 0) is 4.74 Å². The Bertz CT molecular complexity index is 418. The second-order valence-electron chi connectivity index (χ2n) is 3.42. The van der Waals surface area contributed by atoms with Gasteiger partial charge in [0.15, 0.2) is 0 Å². The van der Waals surface area contributed by atoms with Crippen LogP contribution in [-0.4, -0.2) is 31.2 Å². The van der Waals surface area contributed by atoms with Crippen molar-refractivity contribution in [1.82, 2.24) is 0 Å². The van der Waals surface area contributed by atoms with Gasteiger partial charge in [-0.05, 0) is 28.1 Å². The van der Waals surface area contributed by atoms with Crippen molar-refractivity contribution < 1.29 is 13.5 Å². The molecule has 0 aromatic heterocycles. The Morgan fingerprint density at radius 1 is 1.50 bits per heavy atom. The van der Waals surface area contributed by atoms with E-state index < -0.39 is 13.0 Å². The van der Waals surface area contributed by atoms with Crippen LogP contribution in [0.5, 0.6) is 0 Å². The number of nitrogens with two attached hydrogens (primary N) is 1. The Morgan fingerprint density at radius 3 is 2.83 bits per heavy atom. The molecule has 0 aliphatic carbocycles. The molecule has 0 aliphatic rings. The van der Waals surface area contributed by atoms with Crippen LogP contribution in [0.4, 0.5) is 14.5 Å². The van der Waals surface area contributed by atoms with Crippen LogP contribution in [0, 0.1) is 0 Å². The van der Waals surface area contributed by atoms with Gasteiger partial charge in [-0.1, -0.05) is 18.3 Å². The maximum atomic E-state index is 11.8. The molecule has 7 heteroatoms. The van der Waals surface area contributed by atoms with Gasteiger partial charge < -0.3 is 15.8 Å². The topological polar surface area (TPSA) is 47.3 Å². The first-order valence-corrected chi connectivity index (χ1v) is 6.40. The maximum absolute atomic E-state index is 11.8. The lowest BCUT2D eigenvalue weighted by atomic mass is 10.2. The number of hydrogen-bond donors (Lipinski definition) is 2. The van der Waals surface area contributed by atoms with E-state index in [1.807, 2.05) is 18.2 Å². The van der Waals surface area contributed by atoms with Gasteiger partial charge in [0.25, 0.3) is 6.43 Å². The molecule has 3 nitrogen and oxygen atoms in total. The van der Waals surface area contributed by atoms with Crippen molar-refractivity contribution in [2.24, 2.45) is 5.73 Å². The molecule has 0 spiro atoms. The van der Waals surface area contributed by atoms with Crippen molar-refractivity contribution >= 4 is 38.8 Å². The molecule has 100 valence electrons. The number of anilines is 1. The molecule has 0 unspecified atom stereocenters. The van der Waals surface area contributed by atoms with E-state index in [9.17, 15) is 8.78 Å². The normalized spacial score (nSPS) is 10.7. The minimum atomic E-state index is -2.44. The Labute approximate surface area is 118 Å². The molecular weight excluding hydrogens is 326 g/mol. The summed E-state index contributed by atoms with van der Waals surface area (Å²) in [6, 6.07) is 5.47. The zero-order chi connectivity index (χ0) is 13.5. The van der Waals surface area contributed by atoms with Crippen LogP contribution in [0.15, 0.2) is 22.7 Å². The van der Waals surface area contributed by atoms with Crippen LogP contribution in [0.2, 0.25) is 0 Å². The van der Waals surface area contributed by atoms with Gasteiger partial charge in [0.05, 0.1) is 6.61 Å². The van der Waals surface area contributed by atoms with E-state index in [1.54, 1.807) is 0 Å². The van der Waals surface area contributed by atoms with Crippen LogP contribution >= 0.6 is 28.1 Å². The quantitative estimate of drug-likeness (QED) is 0.592. The third kappa shape index (κ3) is 4.83. The second kappa shape index (κ2) is 7.60. The predicted molar refractivity (Wildman–Crippen MR) is 75.3 cm³/mol. The smallest absolute Gasteiger partial charge is 0.261 e. The molecule has 3 N–H and O–H groups in total. The minimum Gasteiger partial charge on any atom is -0.389 e. The lowest BCUT2D eigenvalue weighted by Gasteiger charge is -2.12. The number of thiocarbonyl (C=S) groups is 1. The largest absolute Gasteiger partial charge is 0.389 e. The Balaban J connectivity index is 2.52. The number of hydrogen-bond acceptors (Lipinski definition) is 3. The van der Waals surface area contributed by atoms with E-state index in [1.165, 1.54) is 0 Å². The van der Waals surface area contributed by atoms with E-state index in [4.69, 9.17) is 22.7 Å². The zero-order valence-electron chi connectivity index (χ0n) is 9.46. The van der Waals surface area contributed by atoms with Crippen LogP contribution < -0.4 is 11.1 Å². The highest BCUT2D eigenvalue weighted by Gasteiger charge is 2.08. The molecule has 0 radical (unpaired) electrons. The molecule has 0 bridgehead atoms. The molecule has 1 rings (SSSR count). The number of benzene rings is 1. The molecule has 0 fully saturated rings. The molecule has 0 atom stereocenters. The lowest BCUT2D eigenvalue weighted by molar-refractivity contribution is 0.0215. The van der Waals surface area contributed by atoms with Gasteiger partial charge in [-0.2, -0.15) is 0 Å². The van der Waals surface area contributed by atoms with Crippen molar-refractivity contribution in [2.45, 2.75) is 6.43 Å². The fourth-order valence-corrected chi connectivity index (χ4v) is 2.28. The van der Waals surface area contributed by atoms with Crippen molar-refractivity contribution in [3.8, 4) is 0 Å². The van der Waals surface area contributed by atoms with Crippen molar-refractivity contribution in [1.29, 1.82) is 0 Å². The van der Waals surface area contributed by atoms with E-state index in [2.05, 4.69) is 21.2 Å². The van der Waals surface area contributed by atoms with Crippen molar-refractivity contribution in [3.05, 3.63) is 28.2 Å². The molecule has 1 aromatic rings. The van der Waals surface area contributed by atoms with Crippen molar-refractivity contribution in [2.75, 3.05) is 25.1 Å². The monoisotopic (exact) mass is 338 g/mol. The summed E-state index contributed by atoms with van der Waals surface area (Å²) in [7, 11) is 0. The van der Waals surface area contributed by atoms with Gasteiger partial charge in [-0.15, -0.1) is 0 Å². The summed E-state index contributed by atoms with van der Waals surface area (Å²) in [4.78, 5) is 0.262. The Kier molecular flexibility index (Phi) is 6.45. The molecule has 0 amide bonds. The maximum Gasteiger partial charge on any atom is 0.261 e. The highest BCUT2D eigenvalue weighted by atomic mass is 79.9. The summed E-state index contributed by atoms with van der Waals surface area (Å²) in [5.41, 5.74) is 7.06. The highest BCUT2D eigenvalue weighted by Crippen LogP contribution is 2.24.